The molecule has 0 spiro atoms. The maximum absolute atomic E-state index is 12.3. The van der Waals surface area contributed by atoms with E-state index in [1.54, 1.807) is 0 Å². The van der Waals surface area contributed by atoms with E-state index in [0.29, 0.717) is 12.6 Å². The monoisotopic (exact) mass is 284 g/mol. The Bertz CT molecular complexity index is 296. The Labute approximate surface area is 124 Å². The maximum Gasteiger partial charge on any atom is 0.326 e. The van der Waals surface area contributed by atoms with Crippen molar-refractivity contribution in [3.8, 4) is 0 Å². The van der Waals surface area contributed by atoms with Crippen LogP contribution in [-0.4, -0.2) is 49.7 Å². The van der Waals surface area contributed by atoms with E-state index in [1.165, 1.54) is 25.7 Å². The van der Waals surface area contributed by atoms with Crippen molar-refractivity contribution in [2.24, 2.45) is 0 Å². The molecule has 0 saturated heterocycles. The number of carbonyl (C=O) groups excluding carboxylic acids is 1. The molecule has 1 N–H and O–H groups in total. The lowest BCUT2D eigenvalue weighted by Crippen LogP contribution is -2.57. The Morgan fingerprint density at radius 3 is 2.75 bits per heavy atom. The van der Waals surface area contributed by atoms with E-state index < -0.39 is 5.54 Å². The van der Waals surface area contributed by atoms with E-state index >= 15 is 0 Å². The predicted molar refractivity (Wildman–Crippen MR) is 82.8 cm³/mol. The van der Waals surface area contributed by atoms with Gasteiger partial charge in [0.25, 0.3) is 0 Å². The number of nitrogens with one attached hydrogen (secondary N) is 1. The Balaban J connectivity index is 2.61. The molecule has 0 bridgehead atoms. The van der Waals surface area contributed by atoms with E-state index in [9.17, 15) is 4.79 Å². The minimum Gasteiger partial charge on any atom is -0.465 e. The Morgan fingerprint density at radius 1 is 1.40 bits per heavy atom. The van der Waals surface area contributed by atoms with Crippen LogP contribution in [0, 0.1) is 0 Å². The van der Waals surface area contributed by atoms with Crippen molar-refractivity contribution in [3.05, 3.63) is 0 Å². The van der Waals surface area contributed by atoms with Crippen LogP contribution < -0.4 is 5.32 Å². The van der Waals surface area contributed by atoms with Gasteiger partial charge in [0.15, 0.2) is 0 Å². The largest absolute Gasteiger partial charge is 0.465 e. The summed E-state index contributed by atoms with van der Waals surface area (Å²) in [6.07, 6.45) is 7.81. The number of ether oxygens (including phenoxy) is 1. The lowest BCUT2D eigenvalue weighted by molar-refractivity contribution is -0.153. The second-order valence-corrected chi connectivity index (χ2v) is 5.99. The molecular formula is C16H32N2O2. The molecule has 4 heteroatoms. The average Bonchev–Trinajstić information content (AvgIpc) is 2.47. The summed E-state index contributed by atoms with van der Waals surface area (Å²) in [4.78, 5) is 14.7. The van der Waals surface area contributed by atoms with Crippen LogP contribution in [0.2, 0.25) is 0 Å². The van der Waals surface area contributed by atoms with Crippen LogP contribution in [0.5, 0.6) is 0 Å². The zero-order valence-corrected chi connectivity index (χ0v) is 13.7. The van der Waals surface area contributed by atoms with Gasteiger partial charge in [0.1, 0.15) is 5.54 Å². The fourth-order valence-corrected chi connectivity index (χ4v) is 3.20. The average molecular weight is 284 g/mol. The lowest BCUT2D eigenvalue weighted by atomic mass is 9.78. The molecule has 0 amide bonds. The third-order valence-electron chi connectivity index (χ3n) is 4.61. The number of hydrogen-bond donors (Lipinski definition) is 1. The normalized spacial score (nSPS) is 26.8. The fraction of sp³-hybridized carbons (Fsp3) is 0.938. The van der Waals surface area contributed by atoms with Gasteiger partial charge in [-0.25, -0.2) is 0 Å². The molecule has 4 nitrogen and oxygen atoms in total. The van der Waals surface area contributed by atoms with Gasteiger partial charge in [-0.15, -0.1) is 0 Å². The minimum absolute atomic E-state index is 0.0749. The first kappa shape index (κ1) is 17.4. The van der Waals surface area contributed by atoms with Gasteiger partial charge in [-0.1, -0.05) is 19.8 Å². The van der Waals surface area contributed by atoms with Gasteiger partial charge < -0.3 is 15.0 Å². The number of nitrogens with zero attached hydrogens (tertiary/aromatic N) is 1. The SMILES string of the molecule is CCCCCN(C)C1CCCC(NC)(C(=O)OCC)C1. The molecule has 0 aromatic carbocycles. The lowest BCUT2D eigenvalue weighted by Gasteiger charge is -2.42. The molecule has 1 rings (SSSR count). The summed E-state index contributed by atoms with van der Waals surface area (Å²) in [5, 5.41) is 3.25. The minimum atomic E-state index is -0.474. The summed E-state index contributed by atoms with van der Waals surface area (Å²) in [5.74, 6) is -0.0749. The van der Waals surface area contributed by atoms with E-state index in [1.807, 2.05) is 14.0 Å². The molecule has 1 aliphatic rings. The Hall–Kier alpha value is -0.610. The molecule has 1 fully saturated rings. The first-order valence-electron chi connectivity index (χ1n) is 8.16. The number of esters is 1. The van der Waals surface area contributed by atoms with Gasteiger partial charge in [-0.3, -0.25) is 4.79 Å². The van der Waals surface area contributed by atoms with Gasteiger partial charge in [-0.2, -0.15) is 0 Å². The van der Waals surface area contributed by atoms with Crippen molar-refractivity contribution in [1.29, 1.82) is 0 Å². The van der Waals surface area contributed by atoms with Crippen LogP contribution in [0.4, 0.5) is 0 Å². The van der Waals surface area contributed by atoms with Crippen LogP contribution in [0.3, 0.4) is 0 Å². The summed E-state index contributed by atoms with van der Waals surface area (Å²) in [6.45, 7) is 5.69. The van der Waals surface area contributed by atoms with Crippen molar-refractivity contribution in [3.63, 3.8) is 0 Å². The van der Waals surface area contributed by atoms with Crippen LogP contribution in [0.25, 0.3) is 0 Å². The second-order valence-electron chi connectivity index (χ2n) is 5.99. The van der Waals surface area contributed by atoms with Crippen LogP contribution in [-0.2, 0) is 9.53 Å². The highest BCUT2D eigenvalue weighted by atomic mass is 16.5. The molecule has 0 radical (unpaired) electrons. The third-order valence-corrected chi connectivity index (χ3v) is 4.61. The molecule has 0 aliphatic heterocycles. The first-order chi connectivity index (χ1) is 9.59. The smallest absolute Gasteiger partial charge is 0.326 e. The Kier molecular flexibility index (Phi) is 7.52. The quantitative estimate of drug-likeness (QED) is 0.549. The maximum atomic E-state index is 12.3. The van der Waals surface area contributed by atoms with E-state index in [4.69, 9.17) is 4.74 Å². The van der Waals surface area contributed by atoms with Crippen molar-refractivity contribution in [2.75, 3.05) is 27.2 Å². The first-order valence-corrected chi connectivity index (χ1v) is 8.16. The number of carbonyl (C=O) groups is 1. The summed E-state index contributed by atoms with van der Waals surface area (Å²) in [6, 6.07) is 0.484. The number of likely N-dealkylation sites (N-methyl/N-ethyl adjacent to an activating group) is 1. The summed E-state index contributed by atoms with van der Waals surface area (Å²) in [5.41, 5.74) is -0.474. The molecule has 2 unspecified atom stereocenters. The molecule has 20 heavy (non-hydrogen) atoms. The van der Waals surface area contributed by atoms with Gasteiger partial charge in [-0.05, 0) is 59.7 Å². The molecule has 118 valence electrons. The molecule has 2 atom stereocenters. The summed E-state index contributed by atoms with van der Waals surface area (Å²) in [7, 11) is 4.08. The summed E-state index contributed by atoms with van der Waals surface area (Å²) >= 11 is 0. The molecule has 1 aliphatic carbocycles. The van der Waals surface area contributed by atoms with Gasteiger partial charge in [0.2, 0.25) is 0 Å². The molecular weight excluding hydrogens is 252 g/mol. The van der Waals surface area contributed by atoms with Crippen LogP contribution in [0.15, 0.2) is 0 Å². The van der Waals surface area contributed by atoms with E-state index in [0.717, 1.165) is 25.8 Å². The topological polar surface area (TPSA) is 41.6 Å². The fourth-order valence-electron chi connectivity index (χ4n) is 3.20. The van der Waals surface area contributed by atoms with E-state index in [-0.39, 0.29) is 5.97 Å². The zero-order chi connectivity index (χ0) is 15.0. The van der Waals surface area contributed by atoms with Crippen molar-refractivity contribution < 1.29 is 9.53 Å². The van der Waals surface area contributed by atoms with Crippen molar-refractivity contribution in [1.82, 2.24) is 10.2 Å². The number of unbranched alkanes of at least 4 members (excludes halogenated alkanes) is 2. The van der Waals surface area contributed by atoms with Crippen LogP contribution in [0.1, 0.15) is 58.8 Å². The molecule has 0 aromatic heterocycles. The van der Waals surface area contributed by atoms with Gasteiger partial charge in [0.05, 0.1) is 6.61 Å². The highest BCUT2D eigenvalue weighted by molar-refractivity contribution is 5.81. The molecule has 0 heterocycles. The highest BCUT2D eigenvalue weighted by Crippen LogP contribution is 2.32. The highest BCUT2D eigenvalue weighted by Gasteiger charge is 2.43. The summed E-state index contributed by atoms with van der Waals surface area (Å²) < 4.78 is 5.28. The molecule has 0 aromatic rings. The number of rotatable bonds is 8. The van der Waals surface area contributed by atoms with Gasteiger partial charge in [0, 0.05) is 6.04 Å². The van der Waals surface area contributed by atoms with Crippen molar-refractivity contribution in [2.45, 2.75) is 70.4 Å². The standard InChI is InChI=1S/C16H32N2O2/c1-5-7-8-12-18(4)14-10-9-11-16(13-14,17-3)15(19)20-6-2/h14,17H,5-13H2,1-4H3. The second kappa shape index (κ2) is 8.63. The zero-order valence-electron chi connectivity index (χ0n) is 13.7. The van der Waals surface area contributed by atoms with Crippen molar-refractivity contribution >= 4 is 5.97 Å². The van der Waals surface area contributed by atoms with Crippen LogP contribution >= 0.6 is 0 Å². The number of hydrogen-bond acceptors (Lipinski definition) is 4. The van der Waals surface area contributed by atoms with E-state index in [2.05, 4.69) is 24.2 Å². The molecule has 1 saturated carbocycles. The third kappa shape index (κ3) is 4.45. The Morgan fingerprint density at radius 2 is 2.15 bits per heavy atom. The predicted octanol–water partition coefficient (Wildman–Crippen LogP) is 2.57. The van der Waals surface area contributed by atoms with Gasteiger partial charge >= 0.3 is 5.97 Å².